The Labute approximate surface area is 141 Å². The van der Waals surface area contributed by atoms with E-state index in [-0.39, 0.29) is 11.9 Å². The molecule has 126 valence electrons. The van der Waals surface area contributed by atoms with Crippen molar-refractivity contribution < 1.29 is 14.6 Å². The quantitative estimate of drug-likeness (QED) is 0.937. The van der Waals surface area contributed by atoms with Crippen LogP contribution in [0.15, 0.2) is 48.7 Å². The number of ether oxygens (including phenoxy) is 1. The highest BCUT2D eigenvalue weighted by atomic mass is 16.5. The third-order valence-corrected chi connectivity index (χ3v) is 4.26. The van der Waals surface area contributed by atoms with Crippen molar-refractivity contribution >= 4 is 5.91 Å². The van der Waals surface area contributed by atoms with E-state index in [9.17, 15) is 9.90 Å². The number of aromatic nitrogens is 1. The van der Waals surface area contributed by atoms with E-state index in [0.717, 1.165) is 12.8 Å². The molecular weight excluding hydrogens is 304 g/mol. The van der Waals surface area contributed by atoms with Crippen molar-refractivity contribution in [2.45, 2.75) is 38.3 Å². The first-order valence-corrected chi connectivity index (χ1v) is 8.17. The number of nitrogens with zero attached hydrogens (tertiary/aromatic N) is 2. The number of carbonyl (C=O) groups is 1. The number of amides is 1. The molecule has 0 spiro atoms. The van der Waals surface area contributed by atoms with E-state index in [1.54, 1.807) is 37.1 Å². The van der Waals surface area contributed by atoms with E-state index in [1.165, 1.54) is 0 Å². The van der Waals surface area contributed by atoms with Crippen molar-refractivity contribution in [1.82, 2.24) is 9.88 Å². The van der Waals surface area contributed by atoms with E-state index in [2.05, 4.69) is 4.98 Å². The second-order valence-corrected chi connectivity index (χ2v) is 6.60. The number of hydrogen-bond donors (Lipinski definition) is 1. The number of hydrogen-bond acceptors (Lipinski definition) is 4. The van der Waals surface area contributed by atoms with Crippen LogP contribution in [0.4, 0.5) is 0 Å². The zero-order chi connectivity index (χ0) is 17.2. The first-order valence-electron chi connectivity index (χ1n) is 8.17. The summed E-state index contributed by atoms with van der Waals surface area (Å²) in [7, 11) is 0. The average molecular weight is 326 g/mol. The molecule has 0 aliphatic carbocycles. The van der Waals surface area contributed by atoms with E-state index in [0.29, 0.717) is 23.7 Å². The average Bonchev–Trinajstić information content (AvgIpc) is 3.05. The van der Waals surface area contributed by atoms with Crippen molar-refractivity contribution in [2.75, 3.05) is 6.54 Å². The van der Waals surface area contributed by atoms with Gasteiger partial charge in [-0.05, 0) is 44.9 Å². The van der Waals surface area contributed by atoms with Gasteiger partial charge < -0.3 is 14.7 Å². The second kappa shape index (κ2) is 6.61. The highest BCUT2D eigenvalue weighted by molar-refractivity contribution is 5.93. The zero-order valence-electron chi connectivity index (χ0n) is 14.0. The van der Waals surface area contributed by atoms with Gasteiger partial charge in [0.15, 0.2) is 0 Å². The van der Waals surface area contributed by atoms with Gasteiger partial charge in [0, 0.05) is 18.8 Å². The third-order valence-electron chi connectivity index (χ3n) is 4.26. The zero-order valence-corrected chi connectivity index (χ0v) is 14.0. The Hall–Kier alpha value is -2.40. The van der Waals surface area contributed by atoms with E-state index in [1.807, 2.05) is 30.3 Å². The first-order chi connectivity index (χ1) is 11.4. The molecule has 1 aromatic heterocycles. The summed E-state index contributed by atoms with van der Waals surface area (Å²) in [6, 6.07) is 12.6. The highest BCUT2D eigenvalue weighted by Gasteiger charge is 2.39. The molecule has 1 atom stereocenters. The molecule has 1 amide bonds. The van der Waals surface area contributed by atoms with Crippen LogP contribution in [0.1, 0.15) is 37.2 Å². The summed E-state index contributed by atoms with van der Waals surface area (Å²) in [5.41, 5.74) is -0.593. The van der Waals surface area contributed by atoms with Gasteiger partial charge in [0.05, 0.1) is 11.6 Å². The van der Waals surface area contributed by atoms with Gasteiger partial charge >= 0.3 is 0 Å². The number of likely N-dealkylation sites (tertiary alicyclic amines) is 1. The van der Waals surface area contributed by atoms with Gasteiger partial charge in [0.25, 0.3) is 5.91 Å². The maximum Gasteiger partial charge on any atom is 0.272 e. The Kier molecular flexibility index (Phi) is 4.53. The van der Waals surface area contributed by atoms with Crippen LogP contribution in [0.3, 0.4) is 0 Å². The molecule has 0 saturated carbocycles. The number of aliphatic hydroxyl groups is 1. The van der Waals surface area contributed by atoms with Gasteiger partial charge in [-0.25, -0.2) is 0 Å². The minimum absolute atomic E-state index is 0.168. The van der Waals surface area contributed by atoms with Crippen LogP contribution < -0.4 is 4.74 Å². The maximum atomic E-state index is 12.8. The van der Waals surface area contributed by atoms with Crippen molar-refractivity contribution in [2.24, 2.45) is 0 Å². The molecule has 1 saturated heterocycles. The van der Waals surface area contributed by atoms with Crippen LogP contribution >= 0.6 is 0 Å². The van der Waals surface area contributed by atoms with E-state index >= 15 is 0 Å². The van der Waals surface area contributed by atoms with Crippen molar-refractivity contribution in [3.63, 3.8) is 0 Å². The third kappa shape index (κ3) is 3.57. The van der Waals surface area contributed by atoms with Gasteiger partial charge in [-0.3, -0.25) is 9.78 Å². The van der Waals surface area contributed by atoms with Gasteiger partial charge in [-0.1, -0.05) is 18.2 Å². The molecule has 1 aromatic carbocycles. The first kappa shape index (κ1) is 16.5. The molecule has 1 fully saturated rings. The monoisotopic (exact) mass is 326 g/mol. The topological polar surface area (TPSA) is 62.7 Å². The Balaban J connectivity index is 1.79. The number of rotatable bonds is 4. The minimum atomic E-state index is -0.926. The van der Waals surface area contributed by atoms with E-state index < -0.39 is 5.60 Å². The van der Waals surface area contributed by atoms with Crippen molar-refractivity contribution in [1.29, 1.82) is 0 Å². The number of benzene rings is 1. The van der Waals surface area contributed by atoms with E-state index in [4.69, 9.17) is 4.74 Å². The smallest absolute Gasteiger partial charge is 0.272 e. The Morgan fingerprint density at radius 3 is 2.71 bits per heavy atom. The second-order valence-electron chi connectivity index (χ2n) is 6.60. The summed E-state index contributed by atoms with van der Waals surface area (Å²) in [6.45, 7) is 4.12. The molecule has 24 heavy (non-hydrogen) atoms. The fraction of sp³-hybridized carbons (Fsp3) is 0.368. The lowest BCUT2D eigenvalue weighted by atomic mass is 9.96. The molecule has 5 nitrogen and oxygen atoms in total. The van der Waals surface area contributed by atoms with Crippen LogP contribution in [-0.4, -0.2) is 39.1 Å². The van der Waals surface area contributed by atoms with Gasteiger partial charge in [0.1, 0.15) is 17.2 Å². The van der Waals surface area contributed by atoms with Gasteiger partial charge in [-0.2, -0.15) is 0 Å². The molecule has 2 heterocycles. The summed E-state index contributed by atoms with van der Waals surface area (Å²) in [4.78, 5) is 18.7. The van der Waals surface area contributed by atoms with Crippen LogP contribution in [0.5, 0.6) is 11.5 Å². The molecular formula is C19H22N2O3. The summed E-state index contributed by atoms with van der Waals surface area (Å²) in [5.74, 6) is 1.11. The predicted molar refractivity (Wildman–Crippen MR) is 91.1 cm³/mol. The summed E-state index contributed by atoms with van der Waals surface area (Å²) < 4.78 is 5.77. The van der Waals surface area contributed by atoms with Crippen LogP contribution in [0.2, 0.25) is 0 Å². The SMILES string of the molecule is CC(C)(O)C1CCCN1C(=O)c1cc(Oc2ccccc2)ccn1. The highest BCUT2D eigenvalue weighted by Crippen LogP contribution is 2.29. The lowest BCUT2D eigenvalue weighted by Gasteiger charge is -2.33. The summed E-state index contributed by atoms with van der Waals surface area (Å²) in [5, 5.41) is 10.3. The predicted octanol–water partition coefficient (Wildman–Crippen LogP) is 3.25. The fourth-order valence-electron chi connectivity index (χ4n) is 3.11. The lowest BCUT2D eigenvalue weighted by molar-refractivity contribution is 0.000113. The Morgan fingerprint density at radius 2 is 2.00 bits per heavy atom. The number of carbonyl (C=O) groups excluding carboxylic acids is 1. The molecule has 1 N–H and O–H groups in total. The van der Waals surface area contributed by atoms with Gasteiger partial charge in [-0.15, -0.1) is 0 Å². The molecule has 2 aromatic rings. The maximum absolute atomic E-state index is 12.8. The molecule has 0 radical (unpaired) electrons. The van der Waals surface area contributed by atoms with Gasteiger partial charge in [0.2, 0.25) is 0 Å². The van der Waals surface area contributed by atoms with Crippen LogP contribution in [-0.2, 0) is 0 Å². The Bertz CT molecular complexity index is 710. The largest absolute Gasteiger partial charge is 0.457 e. The van der Waals surface area contributed by atoms with Crippen LogP contribution in [0, 0.1) is 0 Å². The molecule has 1 unspecified atom stereocenters. The summed E-state index contributed by atoms with van der Waals surface area (Å²) in [6.07, 6.45) is 3.26. The lowest BCUT2D eigenvalue weighted by Crippen LogP contribution is -2.48. The number of pyridine rings is 1. The molecule has 3 rings (SSSR count). The molecule has 0 bridgehead atoms. The minimum Gasteiger partial charge on any atom is -0.457 e. The van der Waals surface area contributed by atoms with Crippen molar-refractivity contribution in [3.05, 3.63) is 54.4 Å². The van der Waals surface area contributed by atoms with Crippen LogP contribution in [0.25, 0.3) is 0 Å². The fourth-order valence-corrected chi connectivity index (χ4v) is 3.11. The Morgan fingerprint density at radius 1 is 1.25 bits per heavy atom. The normalized spacial score (nSPS) is 17.8. The molecule has 1 aliphatic rings. The molecule has 5 heteroatoms. The summed E-state index contributed by atoms with van der Waals surface area (Å²) >= 11 is 0. The molecule has 1 aliphatic heterocycles. The standard InChI is InChI=1S/C19H22N2O3/c1-19(2,23)17-9-6-12-21(17)18(22)16-13-15(10-11-20-16)24-14-7-4-3-5-8-14/h3-5,7-8,10-11,13,17,23H,6,9,12H2,1-2H3. The van der Waals surface area contributed by atoms with Crippen molar-refractivity contribution in [3.8, 4) is 11.5 Å². The number of para-hydroxylation sites is 1.